The number of aromatic nitrogens is 1. The first-order valence-corrected chi connectivity index (χ1v) is 9.66. The number of hydrogen-bond donors (Lipinski definition) is 1. The minimum Gasteiger partial charge on any atom is -0.496 e. The number of nitrogens with zero attached hydrogens (tertiary/aromatic N) is 1. The number of carbonyl (C=O) groups excluding carboxylic acids is 1. The summed E-state index contributed by atoms with van der Waals surface area (Å²) >= 11 is 0. The van der Waals surface area contributed by atoms with Crippen molar-refractivity contribution in [2.24, 2.45) is 5.73 Å². The van der Waals surface area contributed by atoms with Gasteiger partial charge in [0.2, 0.25) is 5.91 Å². The van der Waals surface area contributed by atoms with Crippen LogP contribution in [0.1, 0.15) is 16.8 Å². The second kappa shape index (κ2) is 7.84. The lowest BCUT2D eigenvalue weighted by atomic mass is 9.99. The monoisotopic (exact) mass is 384 g/mol. The van der Waals surface area contributed by atoms with Crippen molar-refractivity contribution in [2.45, 2.75) is 19.9 Å². The molecule has 29 heavy (non-hydrogen) atoms. The molecule has 1 aromatic heterocycles. The molecular formula is C25H24N2O2. The third-order valence-electron chi connectivity index (χ3n) is 5.44. The number of ether oxygens (including phenoxy) is 1. The second-order valence-electron chi connectivity index (χ2n) is 7.17. The quantitative estimate of drug-likeness (QED) is 0.524. The Bertz CT molecular complexity index is 1180. The predicted molar refractivity (Wildman–Crippen MR) is 117 cm³/mol. The number of methoxy groups -OCH3 is 1. The number of primary amides is 1. The molecule has 0 aliphatic carbocycles. The molecule has 0 saturated heterocycles. The smallest absolute Gasteiger partial charge is 0.221 e. The molecule has 0 spiro atoms. The van der Waals surface area contributed by atoms with Gasteiger partial charge in [0.15, 0.2) is 0 Å². The van der Waals surface area contributed by atoms with Gasteiger partial charge in [0.1, 0.15) is 5.75 Å². The Balaban J connectivity index is 1.89. The first kappa shape index (κ1) is 18.8. The van der Waals surface area contributed by atoms with Crippen LogP contribution in [-0.4, -0.2) is 17.6 Å². The zero-order valence-electron chi connectivity index (χ0n) is 16.7. The molecule has 1 amide bonds. The van der Waals surface area contributed by atoms with Crippen molar-refractivity contribution in [2.75, 3.05) is 7.11 Å². The number of rotatable bonds is 6. The summed E-state index contributed by atoms with van der Waals surface area (Å²) in [7, 11) is 1.65. The van der Waals surface area contributed by atoms with Crippen LogP contribution in [-0.2, 0) is 17.8 Å². The lowest BCUT2D eigenvalue weighted by molar-refractivity contribution is -0.117. The van der Waals surface area contributed by atoms with Crippen molar-refractivity contribution in [3.8, 4) is 16.9 Å². The van der Waals surface area contributed by atoms with Crippen molar-refractivity contribution in [1.29, 1.82) is 0 Å². The van der Waals surface area contributed by atoms with Crippen LogP contribution in [0.2, 0.25) is 0 Å². The van der Waals surface area contributed by atoms with Crippen molar-refractivity contribution in [3.05, 3.63) is 89.6 Å². The lowest BCUT2D eigenvalue weighted by Gasteiger charge is -2.14. The van der Waals surface area contributed by atoms with Crippen LogP contribution in [0, 0.1) is 6.92 Å². The number of amides is 1. The maximum absolute atomic E-state index is 11.7. The summed E-state index contributed by atoms with van der Waals surface area (Å²) in [5.41, 5.74) is 12.2. The summed E-state index contributed by atoms with van der Waals surface area (Å²) in [6.45, 7) is 2.74. The maximum atomic E-state index is 11.7. The highest BCUT2D eigenvalue weighted by Gasteiger charge is 2.19. The number of nitrogens with two attached hydrogens (primary N) is 1. The van der Waals surface area contributed by atoms with E-state index in [-0.39, 0.29) is 12.3 Å². The van der Waals surface area contributed by atoms with E-state index in [0.29, 0.717) is 6.54 Å². The average Bonchev–Trinajstić information content (AvgIpc) is 3.00. The Hall–Kier alpha value is -3.53. The van der Waals surface area contributed by atoms with Gasteiger partial charge in [-0.3, -0.25) is 4.79 Å². The molecule has 4 heteroatoms. The van der Waals surface area contributed by atoms with Crippen LogP contribution in [0.5, 0.6) is 5.75 Å². The van der Waals surface area contributed by atoms with Crippen LogP contribution in [0.25, 0.3) is 22.0 Å². The molecule has 0 atom stereocenters. The van der Waals surface area contributed by atoms with E-state index >= 15 is 0 Å². The summed E-state index contributed by atoms with van der Waals surface area (Å²) in [5, 5.41) is 0.962. The van der Waals surface area contributed by atoms with Crippen LogP contribution in [0.4, 0.5) is 0 Å². The highest BCUT2D eigenvalue weighted by molar-refractivity contribution is 5.94. The Morgan fingerprint density at radius 2 is 1.69 bits per heavy atom. The topological polar surface area (TPSA) is 57.2 Å². The summed E-state index contributed by atoms with van der Waals surface area (Å²) < 4.78 is 7.84. The van der Waals surface area contributed by atoms with Crippen LogP contribution < -0.4 is 10.5 Å². The van der Waals surface area contributed by atoms with Crippen LogP contribution >= 0.6 is 0 Å². The molecule has 0 radical (unpaired) electrons. The fourth-order valence-electron chi connectivity index (χ4n) is 4.06. The van der Waals surface area contributed by atoms with Crippen molar-refractivity contribution in [1.82, 2.24) is 4.57 Å². The van der Waals surface area contributed by atoms with E-state index in [1.54, 1.807) is 7.11 Å². The van der Waals surface area contributed by atoms with Crippen molar-refractivity contribution in [3.63, 3.8) is 0 Å². The molecule has 0 aliphatic heterocycles. The van der Waals surface area contributed by atoms with E-state index in [4.69, 9.17) is 10.5 Å². The van der Waals surface area contributed by atoms with E-state index in [1.165, 1.54) is 16.7 Å². The van der Waals surface area contributed by atoms with E-state index < -0.39 is 0 Å². The SMILES string of the molecule is COc1cccc2c1c(CC(N)=O)c(C)n2Cc1ccccc1-c1ccccc1. The number of carbonyl (C=O) groups is 1. The molecule has 4 nitrogen and oxygen atoms in total. The molecule has 4 aromatic rings. The third-order valence-corrected chi connectivity index (χ3v) is 5.44. The normalized spacial score (nSPS) is 11.0. The first-order valence-electron chi connectivity index (χ1n) is 9.66. The summed E-state index contributed by atoms with van der Waals surface area (Å²) in [6, 6.07) is 24.8. The molecule has 1 heterocycles. The zero-order valence-corrected chi connectivity index (χ0v) is 16.7. The molecule has 0 bridgehead atoms. The summed E-state index contributed by atoms with van der Waals surface area (Å²) in [4.78, 5) is 11.7. The van der Waals surface area contributed by atoms with E-state index in [1.807, 2.05) is 25.1 Å². The summed E-state index contributed by atoms with van der Waals surface area (Å²) in [5.74, 6) is 0.416. The number of fused-ring (bicyclic) bond motifs is 1. The highest BCUT2D eigenvalue weighted by atomic mass is 16.5. The van der Waals surface area contributed by atoms with Gasteiger partial charge in [0.05, 0.1) is 19.0 Å². The van der Waals surface area contributed by atoms with Gasteiger partial charge in [-0.1, -0.05) is 60.7 Å². The third kappa shape index (κ3) is 3.49. The van der Waals surface area contributed by atoms with Gasteiger partial charge in [-0.15, -0.1) is 0 Å². The van der Waals surface area contributed by atoms with Crippen LogP contribution in [0.15, 0.2) is 72.8 Å². The van der Waals surface area contributed by atoms with E-state index in [2.05, 4.69) is 59.2 Å². The number of hydrogen-bond acceptors (Lipinski definition) is 2. The highest BCUT2D eigenvalue weighted by Crippen LogP contribution is 2.35. The van der Waals surface area contributed by atoms with Gasteiger partial charge < -0.3 is 15.0 Å². The fourth-order valence-corrected chi connectivity index (χ4v) is 4.06. The molecule has 4 rings (SSSR count). The van der Waals surface area contributed by atoms with Gasteiger partial charge in [-0.25, -0.2) is 0 Å². The van der Waals surface area contributed by atoms with E-state index in [9.17, 15) is 4.79 Å². The standard InChI is InChI=1S/C25H24N2O2/c1-17-21(15-24(26)28)25-22(13-8-14-23(25)29-2)27(17)16-19-11-6-7-12-20(19)18-9-4-3-5-10-18/h3-14H,15-16H2,1-2H3,(H2,26,28). The van der Waals surface area contributed by atoms with Crippen molar-refractivity contribution >= 4 is 16.8 Å². The minimum atomic E-state index is -0.345. The number of benzene rings is 3. The van der Waals surface area contributed by atoms with Gasteiger partial charge in [-0.05, 0) is 41.3 Å². The molecular weight excluding hydrogens is 360 g/mol. The fraction of sp³-hybridized carbons (Fsp3) is 0.160. The molecule has 3 aromatic carbocycles. The zero-order chi connectivity index (χ0) is 20.4. The Morgan fingerprint density at radius 1 is 0.966 bits per heavy atom. The molecule has 0 saturated carbocycles. The molecule has 0 fully saturated rings. The molecule has 0 aliphatic rings. The average molecular weight is 384 g/mol. The first-order chi connectivity index (χ1) is 14.1. The molecule has 0 unspecified atom stereocenters. The molecule has 2 N–H and O–H groups in total. The second-order valence-corrected chi connectivity index (χ2v) is 7.17. The van der Waals surface area contributed by atoms with Crippen LogP contribution in [0.3, 0.4) is 0 Å². The Morgan fingerprint density at radius 3 is 2.41 bits per heavy atom. The Kier molecular flexibility index (Phi) is 5.09. The maximum Gasteiger partial charge on any atom is 0.221 e. The van der Waals surface area contributed by atoms with Gasteiger partial charge in [0, 0.05) is 17.6 Å². The van der Waals surface area contributed by atoms with E-state index in [0.717, 1.165) is 27.9 Å². The largest absolute Gasteiger partial charge is 0.496 e. The van der Waals surface area contributed by atoms with Gasteiger partial charge >= 0.3 is 0 Å². The van der Waals surface area contributed by atoms with Crippen molar-refractivity contribution < 1.29 is 9.53 Å². The minimum absolute atomic E-state index is 0.191. The molecule has 146 valence electrons. The summed E-state index contributed by atoms with van der Waals surface area (Å²) in [6.07, 6.45) is 0.191. The van der Waals surface area contributed by atoms with Gasteiger partial charge in [-0.2, -0.15) is 0 Å². The Labute approximate surface area is 170 Å². The predicted octanol–water partition coefficient (Wildman–Crippen LogP) is 4.70. The lowest BCUT2D eigenvalue weighted by Crippen LogP contribution is -2.14. The van der Waals surface area contributed by atoms with Gasteiger partial charge in [0.25, 0.3) is 0 Å².